The van der Waals surface area contributed by atoms with E-state index in [0.717, 1.165) is 16.6 Å². The van der Waals surface area contributed by atoms with Crippen LogP contribution in [0.25, 0.3) is 17.0 Å². The minimum atomic E-state index is -1.37. The molecule has 7 nitrogen and oxygen atoms in total. The molecule has 20 heavy (non-hydrogen) atoms. The van der Waals surface area contributed by atoms with E-state index in [-0.39, 0.29) is 5.75 Å². The third kappa shape index (κ3) is 2.09. The summed E-state index contributed by atoms with van der Waals surface area (Å²) in [7, 11) is 0. The molecule has 1 aromatic carbocycles. The molecule has 0 saturated carbocycles. The summed E-state index contributed by atoms with van der Waals surface area (Å²) in [5, 5.41) is 12.6. The molecule has 3 aromatic rings. The number of ether oxygens (including phenoxy) is 1. The SMILES string of the molecule is Cc1cc2nc(-n3cc(OC(=O)O)cn3)[nH]c2cc1C. The lowest BCUT2D eigenvalue weighted by Gasteiger charge is -1.97. The van der Waals surface area contributed by atoms with Crippen LogP contribution in [0.5, 0.6) is 5.75 Å². The molecule has 0 aliphatic carbocycles. The zero-order valence-corrected chi connectivity index (χ0v) is 10.9. The fraction of sp³-hybridized carbons (Fsp3) is 0.154. The van der Waals surface area contributed by atoms with Gasteiger partial charge in [-0.05, 0) is 37.1 Å². The van der Waals surface area contributed by atoms with Gasteiger partial charge in [-0.15, -0.1) is 0 Å². The van der Waals surface area contributed by atoms with Gasteiger partial charge in [0.25, 0.3) is 0 Å². The van der Waals surface area contributed by atoms with E-state index >= 15 is 0 Å². The third-order valence-corrected chi connectivity index (χ3v) is 3.07. The van der Waals surface area contributed by atoms with Crippen LogP contribution in [-0.4, -0.2) is 31.0 Å². The van der Waals surface area contributed by atoms with Gasteiger partial charge < -0.3 is 14.8 Å². The van der Waals surface area contributed by atoms with Crippen molar-refractivity contribution in [3.8, 4) is 11.7 Å². The second-order valence-corrected chi connectivity index (χ2v) is 4.50. The van der Waals surface area contributed by atoms with Crippen molar-refractivity contribution in [3.63, 3.8) is 0 Å². The predicted octanol–water partition coefficient (Wildman–Crippen LogP) is 2.42. The fourth-order valence-corrected chi connectivity index (χ4v) is 1.94. The highest BCUT2D eigenvalue weighted by atomic mass is 16.7. The van der Waals surface area contributed by atoms with Crippen LogP contribution in [0.1, 0.15) is 11.1 Å². The van der Waals surface area contributed by atoms with Gasteiger partial charge in [0, 0.05) is 0 Å². The Morgan fingerprint density at radius 3 is 2.85 bits per heavy atom. The molecule has 0 spiro atoms. The first kappa shape index (κ1) is 12.2. The number of imidazole rings is 1. The van der Waals surface area contributed by atoms with Crippen molar-refractivity contribution in [3.05, 3.63) is 35.7 Å². The molecule has 7 heteroatoms. The molecule has 0 fully saturated rings. The molecule has 0 amide bonds. The van der Waals surface area contributed by atoms with E-state index in [2.05, 4.69) is 19.8 Å². The Kier molecular flexibility index (Phi) is 2.67. The van der Waals surface area contributed by atoms with Crippen molar-refractivity contribution >= 4 is 17.2 Å². The van der Waals surface area contributed by atoms with Gasteiger partial charge in [-0.1, -0.05) is 0 Å². The van der Waals surface area contributed by atoms with Crippen LogP contribution in [0.2, 0.25) is 0 Å². The molecule has 102 valence electrons. The topological polar surface area (TPSA) is 93.0 Å². The molecule has 0 aliphatic rings. The third-order valence-electron chi connectivity index (χ3n) is 3.07. The number of benzene rings is 1. The number of aromatic nitrogens is 4. The van der Waals surface area contributed by atoms with E-state index in [0.29, 0.717) is 5.95 Å². The molecule has 2 N–H and O–H groups in total. The number of rotatable bonds is 2. The normalized spacial score (nSPS) is 10.9. The predicted molar refractivity (Wildman–Crippen MR) is 71.3 cm³/mol. The summed E-state index contributed by atoms with van der Waals surface area (Å²) < 4.78 is 5.95. The molecular weight excluding hydrogens is 260 g/mol. The van der Waals surface area contributed by atoms with E-state index < -0.39 is 6.16 Å². The minimum Gasteiger partial charge on any atom is -0.449 e. The van der Waals surface area contributed by atoms with Crippen LogP contribution >= 0.6 is 0 Å². The van der Waals surface area contributed by atoms with Crippen molar-refractivity contribution in [2.24, 2.45) is 0 Å². The number of nitrogens with one attached hydrogen (secondary N) is 1. The van der Waals surface area contributed by atoms with E-state index in [1.807, 2.05) is 26.0 Å². The van der Waals surface area contributed by atoms with Crippen LogP contribution in [0.3, 0.4) is 0 Å². The highest BCUT2D eigenvalue weighted by Crippen LogP contribution is 2.19. The lowest BCUT2D eigenvalue weighted by Crippen LogP contribution is -2.02. The zero-order chi connectivity index (χ0) is 14.3. The number of nitrogens with zero attached hydrogens (tertiary/aromatic N) is 3. The van der Waals surface area contributed by atoms with E-state index in [1.54, 1.807) is 0 Å². The number of aromatic amines is 1. The molecule has 0 bridgehead atoms. The van der Waals surface area contributed by atoms with Crippen LogP contribution in [0, 0.1) is 13.8 Å². The number of carbonyl (C=O) groups is 1. The Labute approximate surface area is 113 Å². The zero-order valence-electron chi connectivity index (χ0n) is 10.9. The highest BCUT2D eigenvalue weighted by Gasteiger charge is 2.10. The summed E-state index contributed by atoms with van der Waals surface area (Å²) in [6.45, 7) is 4.05. The summed E-state index contributed by atoms with van der Waals surface area (Å²) in [6.07, 6.45) is 1.39. The Balaban J connectivity index is 2.01. The molecule has 3 rings (SSSR count). The lowest BCUT2D eigenvalue weighted by atomic mass is 10.1. The van der Waals surface area contributed by atoms with Gasteiger partial charge in [-0.3, -0.25) is 0 Å². The van der Waals surface area contributed by atoms with Crippen molar-refractivity contribution in [1.29, 1.82) is 0 Å². The molecule has 0 radical (unpaired) electrons. The Hall–Kier alpha value is -2.83. The first-order valence-corrected chi connectivity index (χ1v) is 5.96. The number of hydrogen-bond donors (Lipinski definition) is 2. The van der Waals surface area contributed by atoms with Crippen molar-refractivity contribution in [1.82, 2.24) is 19.7 Å². The van der Waals surface area contributed by atoms with Crippen molar-refractivity contribution in [2.45, 2.75) is 13.8 Å². The smallest absolute Gasteiger partial charge is 0.449 e. The average molecular weight is 272 g/mol. The van der Waals surface area contributed by atoms with Gasteiger partial charge in [0.15, 0.2) is 5.75 Å². The van der Waals surface area contributed by atoms with Gasteiger partial charge in [-0.2, -0.15) is 5.10 Å². The summed E-state index contributed by atoms with van der Waals surface area (Å²) in [4.78, 5) is 18.0. The fourth-order valence-electron chi connectivity index (χ4n) is 1.94. The first-order valence-electron chi connectivity index (χ1n) is 5.96. The molecule has 0 aliphatic heterocycles. The van der Waals surface area contributed by atoms with Gasteiger partial charge in [0.1, 0.15) is 0 Å². The number of hydrogen-bond acceptors (Lipinski definition) is 4. The van der Waals surface area contributed by atoms with Crippen LogP contribution in [-0.2, 0) is 0 Å². The molecular formula is C13H12N4O3. The summed E-state index contributed by atoms with van der Waals surface area (Å²) in [5.74, 6) is 0.649. The van der Waals surface area contributed by atoms with Crippen LogP contribution < -0.4 is 4.74 Å². The maximum absolute atomic E-state index is 10.4. The molecule has 0 unspecified atom stereocenters. The first-order chi connectivity index (χ1) is 9.52. The quantitative estimate of drug-likeness (QED) is 0.699. The van der Waals surface area contributed by atoms with Crippen molar-refractivity contribution in [2.75, 3.05) is 0 Å². The largest absolute Gasteiger partial charge is 0.511 e. The second kappa shape index (κ2) is 4.37. The number of fused-ring (bicyclic) bond motifs is 1. The standard InChI is InChI=1S/C13H12N4O3/c1-7-3-10-11(4-8(7)2)16-12(15-10)17-6-9(5-14-17)20-13(18)19/h3-6H,1-2H3,(H,15,16)(H,18,19). The molecule has 0 saturated heterocycles. The number of aryl methyl sites for hydroxylation is 2. The van der Waals surface area contributed by atoms with Gasteiger partial charge in [0.05, 0.1) is 23.4 Å². The minimum absolute atomic E-state index is 0.144. The Morgan fingerprint density at radius 1 is 1.35 bits per heavy atom. The maximum Gasteiger partial charge on any atom is 0.511 e. The summed E-state index contributed by atoms with van der Waals surface area (Å²) in [6, 6.07) is 4.00. The Bertz CT molecular complexity index is 764. The van der Waals surface area contributed by atoms with Crippen molar-refractivity contribution < 1.29 is 14.6 Å². The Morgan fingerprint density at radius 2 is 2.10 bits per heavy atom. The molecule has 0 atom stereocenters. The maximum atomic E-state index is 10.4. The van der Waals surface area contributed by atoms with Crippen LogP contribution in [0.4, 0.5) is 4.79 Å². The van der Waals surface area contributed by atoms with Gasteiger partial charge in [-0.25, -0.2) is 14.5 Å². The van der Waals surface area contributed by atoms with Gasteiger partial charge >= 0.3 is 6.16 Å². The highest BCUT2D eigenvalue weighted by molar-refractivity contribution is 5.78. The van der Waals surface area contributed by atoms with E-state index in [1.165, 1.54) is 22.6 Å². The lowest BCUT2D eigenvalue weighted by molar-refractivity contribution is 0.144. The van der Waals surface area contributed by atoms with Crippen LogP contribution in [0.15, 0.2) is 24.5 Å². The average Bonchev–Trinajstić information content (AvgIpc) is 2.95. The van der Waals surface area contributed by atoms with E-state index in [9.17, 15) is 4.79 Å². The summed E-state index contributed by atoms with van der Waals surface area (Å²) >= 11 is 0. The van der Waals surface area contributed by atoms with Gasteiger partial charge in [0.2, 0.25) is 5.95 Å². The molecule has 2 heterocycles. The number of carboxylic acid groups (broad SMARTS) is 1. The monoisotopic (exact) mass is 272 g/mol. The molecule has 2 aromatic heterocycles. The summed E-state index contributed by atoms with van der Waals surface area (Å²) in [5.41, 5.74) is 4.06. The van der Waals surface area contributed by atoms with E-state index in [4.69, 9.17) is 5.11 Å². The number of H-pyrrole nitrogens is 1. The second-order valence-electron chi connectivity index (χ2n) is 4.50.